The predicted octanol–water partition coefficient (Wildman–Crippen LogP) is 3.44. The van der Waals surface area contributed by atoms with Crippen LogP contribution in [0.3, 0.4) is 0 Å². The third-order valence-electron chi connectivity index (χ3n) is 5.96. The van der Waals surface area contributed by atoms with Crippen LogP contribution in [-0.4, -0.2) is 39.7 Å². The molecule has 3 N–H and O–H groups in total. The highest BCUT2D eigenvalue weighted by Gasteiger charge is 2.44. The number of carboxylic acids is 1. The number of rotatable bonds is 9. The SMILES string of the molecule is CC(C)[C@H](S)C(=O)NC1(C(=O)NC(Cc2ccc(-c3ccco3)cc2)C(=O)O)CCCC1. The van der Waals surface area contributed by atoms with Crippen LogP contribution in [0, 0.1) is 5.92 Å². The van der Waals surface area contributed by atoms with E-state index < -0.39 is 28.7 Å². The topological polar surface area (TPSA) is 109 Å². The molecule has 2 aromatic rings. The Morgan fingerprint density at radius 2 is 1.78 bits per heavy atom. The van der Waals surface area contributed by atoms with Crippen LogP contribution >= 0.6 is 12.6 Å². The van der Waals surface area contributed by atoms with Gasteiger partial charge in [0.05, 0.1) is 11.5 Å². The van der Waals surface area contributed by atoms with Crippen molar-refractivity contribution in [2.75, 3.05) is 0 Å². The van der Waals surface area contributed by atoms with Crippen LogP contribution < -0.4 is 10.6 Å². The molecular formula is C24H30N2O5S. The van der Waals surface area contributed by atoms with Gasteiger partial charge in [0.1, 0.15) is 17.3 Å². The minimum atomic E-state index is -1.12. The van der Waals surface area contributed by atoms with E-state index in [2.05, 4.69) is 23.3 Å². The van der Waals surface area contributed by atoms with Crippen LogP contribution in [0.4, 0.5) is 0 Å². The van der Waals surface area contributed by atoms with Gasteiger partial charge in [0, 0.05) is 12.0 Å². The number of aliphatic carboxylic acids is 1. The van der Waals surface area contributed by atoms with Gasteiger partial charge in [-0.25, -0.2) is 4.79 Å². The monoisotopic (exact) mass is 458 g/mol. The summed E-state index contributed by atoms with van der Waals surface area (Å²) in [6.07, 6.45) is 4.26. The first-order chi connectivity index (χ1) is 15.2. The summed E-state index contributed by atoms with van der Waals surface area (Å²) >= 11 is 4.35. The van der Waals surface area contributed by atoms with Crippen molar-refractivity contribution in [3.63, 3.8) is 0 Å². The average molecular weight is 459 g/mol. The molecule has 1 aliphatic carbocycles. The molecule has 0 saturated heterocycles. The summed E-state index contributed by atoms with van der Waals surface area (Å²) in [4.78, 5) is 37.7. The van der Waals surface area contributed by atoms with Gasteiger partial charge >= 0.3 is 5.97 Å². The second kappa shape index (κ2) is 10.3. The third kappa shape index (κ3) is 5.54. The zero-order chi connectivity index (χ0) is 23.3. The number of nitrogens with one attached hydrogen (secondary N) is 2. The molecule has 7 nitrogen and oxygen atoms in total. The maximum Gasteiger partial charge on any atom is 0.326 e. The predicted molar refractivity (Wildman–Crippen MR) is 124 cm³/mol. The number of carboxylic acid groups (broad SMARTS) is 1. The molecule has 2 atom stereocenters. The molecule has 0 aliphatic heterocycles. The second-order valence-corrected chi connectivity index (χ2v) is 9.27. The lowest BCUT2D eigenvalue weighted by molar-refractivity contribution is -0.143. The van der Waals surface area contributed by atoms with E-state index >= 15 is 0 Å². The van der Waals surface area contributed by atoms with Crippen molar-refractivity contribution in [3.8, 4) is 11.3 Å². The quantitative estimate of drug-likeness (QED) is 0.431. The smallest absolute Gasteiger partial charge is 0.326 e. The second-order valence-electron chi connectivity index (χ2n) is 8.71. The van der Waals surface area contributed by atoms with E-state index in [0.29, 0.717) is 12.8 Å². The first-order valence-corrected chi connectivity index (χ1v) is 11.4. The van der Waals surface area contributed by atoms with Crippen LogP contribution in [0.5, 0.6) is 0 Å². The summed E-state index contributed by atoms with van der Waals surface area (Å²) in [5.41, 5.74) is 0.561. The molecule has 32 heavy (non-hydrogen) atoms. The number of furan rings is 1. The molecule has 172 valence electrons. The largest absolute Gasteiger partial charge is 0.480 e. The molecule has 3 rings (SSSR count). The van der Waals surface area contributed by atoms with Gasteiger partial charge in [0.25, 0.3) is 0 Å². The Bertz CT molecular complexity index is 934. The summed E-state index contributed by atoms with van der Waals surface area (Å²) in [5, 5.41) is 14.7. The lowest BCUT2D eigenvalue weighted by Gasteiger charge is -2.32. The summed E-state index contributed by atoms with van der Waals surface area (Å²) in [5.74, 6) is -1.14. The molecule has 1 unspecified atom stereocenters. The Labute approximate surface area is 193 Å². The number of thiol groups is 1. The van der Waals surface area contributed by atoms with E-state index in [1.54, 1.807) is 12.3 Å². The number of amides is 2. The zero-order valence-corrected chi connectivity index (χ0v) is 19.2. The summed E-state index contributed by atoms with van der Waals surface area (Å²) in [7, 11) is 0. The van der Waals surface area contributed by atoms with E-state index in [-0.39, 0.29) is 18.2 Å². The van der Waals surface area contributed by atoms with Gasteiger partial charge in [-0.2, -0.15) is 12.6 Å². The highest BCUT2D eigenvalue weighted by atomic mass is 32.1. The van der Waals surface area contributed by atoms with Gasteiger partial charge in [-0.15, -0.1) is 0 Å². The molecule has 1 fully saturated rings. The normalized spacial score (nSPS) is 17.0. The molecule has 0 radical (unpaired) electrons. The van der Waals surface area contributed by atoms with E-state index in [0.717, 1.165) is 29.7 Å². The van der Waals surface area contributed by atoms with Crippen molar-refractivity contribution < 1.29 is 23.9 Å². The molecule has 0 bridgehead atoms. The Morgan fingerprint density at radius 3 is 2.31 bits per heavy atom. The highest BCUT2D eigenvalue weighted by Crippen LogP contribution is 2.31. The highest BCUT2D eigenvalue weighted by molar-refractivity contribution is 7.81. The van der Waals surface area contributed by atoms with Crippen molar-refractivity contribution in [3.05, 3.63) is 48.2 Å². The van der Waals surface area contributed by atoms with Crippen LogP contribution in [0.2, 0.25) is 0 Å². The molecular weight excluding hydrogens is 428 g/mol. The fraction of sp³-hybridized carbons (Fsp3) is 0.458. The van der Waals surface area contributed by atoms with Crippen LogP contribution in [0.1, 0.15) is 45.1 Å². The third-order valence-corrected chi connectivity index (χ3v) is 6.79. The maximum atomic E-state index is 13.2. The summed E-state index contributed by atoms with van der Waals surface area (Å²) in [6, 6.07) is 9.89. The molecule has 1 heterocycles. The minimum Gasteiger partial charge on any atom is -0.480 e. The Kier molecular flexibility index (Phi) is 7.66. The summed E-state index contributed by atoms with van der Waals surface area (Å²) in [6.45, 7) is 3.77. The van der Waals surface area contributed by atoms with Crippen LogP contribution in [-0.2, 0) is 20.8 Å². The van der Waals surface area contributed by atoms with Crippen molar-refractivity contribution >= 4 is 30.4 Å². The van der Waals surface area contributed by atoms with Crippen molar-refractivity contribution in [2.24, 2.45) is 5.92 Å². The van der Waals surface area contributed by atoms with Crippen molar-refractivity contribution in [1.29, 1.82) is 0 Å². The molecule has 1 saturated carbocycles. The number of hydrogen-bond donors (Lipinski definition) is 4. The van der Waals surface area contributed by atoms with E-state index in [1.165, 1.54) is 0 Å². The van der Waals surface area contributed by atoms with Gasteiger partial charge in [-0.05, 0) is 36.5 Å². The zero-order valence-electron chi connectivity index (χ0n) is 18.3. The molecule has 8 heteroatoms. The number of benzene rings is 1. The Hall–Kier alpha value is -2.74. The first kappa shape index (κ1) is 23.9. The van der Waals surface area contributed by atoms with Gasteiger partial charge in [0.2, 0.25) is 11.8 Å². The molecule has 0 spiro atoms. The minimum absolute atomic E-state index is 0.00997. The van der Waals surface area contributed by atoms with E-state index in [4.69, 9.17) is 4.42 Å². The summed E-state index contributed by atoms with van der Waals surface area (Å²) < 4.78 is 5.37. The van der Waals surface area contributed by atoms with E-state index in [9.17, 15) is 19.5 Å². The van der Waals surface area contributed by atoms with Crippen LogP contribution in [0.25, 0.3) is 11.3 Å². The average Bonchev–Trinajstić information content (AvgIpc) is 3.46. The van der Waals surface area contributed by atoms with Gasteiger partial charge in [-0.3, -0.25) is 9.59 Å². The molecule has 1 aromatic carbocycles. The van der Waals surface area contributed by atoms with E-state index in [1.807, 2.05) is 44.2 Å². The number of hydrogen-bond acceptors (Lipinski definition) is 5. The fourth-order valence-corrected chi connectivity index (χ4v) is 4.04. The van der Waals surface area contributed by atoms with Crippen molar-refractivity contribution in [1.82, 2.24) is 10.6 Å². The maximum absolute atomic E-state index is 13.2. The lowest BCUT2D eigenvalue weighted by atomic mass is 9.94. The van der Waals surface area contributed by atoms with Gasteiger partial charge in [-0.1, -0.05) is 51.0 Å². The number of carbonyl (C=O) groups excluding carboxylic acids is 2. The first-order valence-electron chi connectivity index (χ1n) is 10.9. The Morgan fingerprint density at radius 1 is 1.12 bits per heavy atom. The van der Waals surface area contributed by atoms with Gasteiger partial charge in [0.15, 0.2) is 0 Å². The number of carbonyl (C=O) groups is 3. The van der Waals surface area contributed by atoms with Gasteiger partial charge < -0.3 is 20.2 Å². The standard InChI is InChI=1S/C24H30N2O5S/c1-15(2)20(32)21(27)26-24(11-3-4-12-24)23(30)25-18(22(28)29)14-16-7-9-17(10-8-16)19-6-5-13-31-19/h5-10,13,15,18,20,32H,3-4,11-12,14H2,1-2H3,(H,25,30)(H,26,27)(H,28,29)/t18?,20-/m0/s1. The lowest BCUT2D eigenvalue weighted by Crippen LogP contribution is -2.61. The molecule has 2 amide bonds. The van der Waals surface area contributed by atoms with Crippen molar-refractivity contribution in [2.45, 2.75) is 62.8 Å². The molecule has 1 aromatic heterocycles. The van der Waals surface area contributed by atoms with Crippen LogP contribution in [0.15, 0.2) is 47.1 Å². The fourth-order valence-electron chi connectivity index (χ4n) is 3.98. The molecule has 1 aliphatic rings. The Balaban J connectivity index is 1.70.